The van der Waals surface area contributed by atoms with Gasteiger partial charge < -0.3 is 14.6 Å². The first-order valence-electron chi connectivity index (χ1n) is 4.52. The third-order valence-electron chi connectivity index (χ3n) is 2.27. The van der Waals surface area contributed by atoms with Crippen LogP contribution in [0.3, 0.4) is 0 Å². The minimum atomic E-state index is -0.839. The molecule has 0 saturated heterocycles. The van der Waals surface area contributed by atoms with Crippen LogP contribution in [0.1, 0.15) is 18.6 Å². The molecule has 1 heterocycles. The van der Waals surface area contributed by atoms with Gasteiger partial charge in [0.1, 0.15) is 11.7 Å². The Hall–Kier alpha value is -1.32. The number of aliphatic hydroxyl groups excluding tert-OH is 2. The van der Waals surface area contributed by atoms with Gasteiger partial charge in [-0.05, 0) is 30.7 Å². The summed E-state index contributed by atoms with van der Waals surface area (Å²) >= 11 is 0. The largest absolute Gasteiger partial charge is 0.464 e. The molecule has 2 N–H and O–H groups in total. The van der Waals surface area contributed by atoms with Gasteiger partial charge in [0.05, 0.1) is 12.4 Å². The Morgan fingerprint density at radius 2 is 2.00 bits per heavy atom. The van der Waals surface area contributed by atoms with Crippen molar-refractivity contribution in [3.63, 3.8) is 0 Å². The minimum absolute atomic E-state index is 0.703. The van der Waals surface area contributed by atoms with E-state index in [4.69, 9.17) is 4.42 Å². The lowest BCUT2D eigenvalue weighted by Crippen LogP contribution is -2.13. The maximum atomic E-state index is 9.61. The topological polar surface area (TPSA) is 53.6 Å². The fourth-order valence-corrected chi connectivity index (χ4v) is 1.45. The molecule has 0 aliphatic carbocycles. The minimum Gasteiger partial charge on any atom is -0.464 e. The van der Waals surface area contributed by atoms with Crippen molar-refractivity contribution in [2.75, 3.05) is 0 Å². The molecule has 2 unspecified atom stereocenters. The molecule has 0 fully saturated rings. The Kier molecular flexibility index (Phi) is 2.27. The molecule has 2 atom stereocenters. The van der Waals surface area contributed by atoms with Crippen molar-refractivity contribution in [2.45, 2.75) is 19.1 Å². The maximum absolute atomic E-state index is 9.61. The van der Waals surface area contributed by atoms with E-state index in [0.29, 0.717) is 5.56 Å². The van der Waals surface area contributed by atoms with Crippen molar-refractivity contribution < 1.29 is 14.6 Å². The maximum Gasteiger partial charge on any atom is 0.133 e. The second kappa shape index (κ2) is 3.44. The zero-order valence-corrected chi connectivity index (χ0v) is 7.84. The lowest BCUT2D eigenvalue weighted by atomic mass is 10.0. The Bertz CT molecular complexity index is 431. The molecule has 3 nitrogen and oxygen atoms in total. The first-order chi connectivity index (χ1) is 6.68. The van der Waals surface area contributed by atoms with Crippen molar-refractivity contribution >= 4 is 11.0 Å². The molecule has 1 aromatic carbocycles. The van der Waals surface area contributed by atoms with Crippen molar-refractivity contribution in [3.05, 3.63) is 36.1 Å². The van der Waals surface area contributed by atoms with Crippen LogP contribution in [0.5, 0.6) is 0 Å². The summed E-state index contributed by atoms with van der Waals surface area (Å²) in [5, 5.41) is 19.8. The molecule has 1 aromatic heterocycles. The molecule has 0 saturated carbocycles. The first-order valence-corrected chi connectivity index (χ1v) is 4.52. The number of hydrogen-bond acceptors (Lipinski definition) is 3. The van der Waals surface area contributed by atoms with Gasteiger partial charge in [-0.1, -0.05) is 6.07 Å². The van der Waals surface area contributed by atoms with Crippen molar-refractivity contribution in [1.29, 1.82) is 0 Å². The summed E-state index contributed by atoms with van der Waals surface area (Å²) in [7, 11) is 0. The summed E-state index contributed by atoms with van der Waals surface area (Å²) in [5.74, 6) is 0. The standard InChI is InChI=1S/C11H12O3/c1-7(12)11(13)9-2-3-10-8(6-9)4-5-14-10/h2-7,11-13H,1H3. The van der Waals surface area contributed by atoms with E-state index in [1.54, 1.807) is 25.3 Å². The van der Waals surface area contributed by atoms with Gasteiger partial charge in [0.25, 0.3) is 0 Å². The molecule has 0 bridgehead atoms. The van der Waals surface area contributed by atoms with Gasteiger partial charge in [-0.3, -0.25) is 0 Å². The van der Waals surface area contributed by atoms with E-state index in [9.17, 15) is 10.2 Å². The lowest BCUT2D eigenvalue weighted by Gasteiger charge is -2.13. The monoisotopic (exact) mass is 192 g/mol. The highest BCUT2D eigenvalue weighted by molar-refractivity contribution is 5.77. The summed E-state index contributed by atoms with van der Waals surface area (Å²) in [6.07, 6.45) is -0.00270. The molecule has 74 valence electrons. The first kappa shape index (κ1) is 9.24. The second-order valence-electron chi connectivity index (χ2n) is 3.40. The SMILES string of the molecule is CC(O)C(O)c1ccc2occc2c1. The second-order valence-corrected chi connectivity index (χ2v) is 3.40. The highest BCUT2D eigenvalue weighted by atomic mass is 16.3. The van der Waals surface area contributed by atoms with Gasteiger partial charge in [-0.15, -0.1) is 0 Å². The van der Waals surface area contributed by atoms with Gasteiger partial charge >= 0.3 is 0 Å². The molecular weight excluding hydrogens is 180 g/mol. The molecule has 0 amide bonds. The van der Waals surface area contributed by atoms with Gasteiger partial charge in [0, 0.05) is 5.39 Å². The number of rotatable bonds is 2. The third kappa shape index (κ3) is 1.52. The normalized spacial score (nSPS) is 15.6. The Morgan fingerprint density at radius 3 is 2.71 bits per heavy atom. The molecule has 0 aliphatic rings. The van der Waals surface area contributed by atoms with E-state index >= 15 is 0 Å². The van der Waals surface area contributed by atoms with Crippen LogP contribution in [0, 0.1) is 0 Å². The van der Waals surface area contributed by atoms with Crippen LogP contribution in [0.4, 0.5) is 0 Å². The summed E-state index contributed by atoms with van der Waals surface area (Å²) in [4.78, 5) is 0. The quantitative estimate of drug-likeness (QED) is 0.763. The molecule has 0 aliphatic heterocycles. The lowest BCUT2D eigenvalue weighted by molar-refractivity contribution is 0.0306. The fourth-order valence-electron chi connectivity index (χ4n) is 1.45. The molecule has 0 radical (unpaired) electrons. The zero-order chi connectivity index (χ0) is 10.1. The predicted molar refractivity (Wildman–Crippen MR) is 52.9 cm³/mol. The average Bonchev–Trinajstić information content (AvgIpc) is 2.62. The third-order valence-corrected chi connectivity index (χ3v) is 2.27. The zero-order valence-electron chi connectivity index (χ0n) is 7.84. The number of hydrogen-bond donors (Lipinski definition) is 2. The van der Waals surface area contributed by atoms with Crippen LogP contribution in [0.2, 0.25) is 0 Å². The highest BCUT2D eigenvalue weighted by Gasteiger charge is 2.13. The van der Waals surface area contributed by atoms with E-state index in [0.717, 1.165) is 11.0 Å². The van der Waals surface area contributed by atoms with Crippen molar-refractivity contribution in [3.8, 4) is 0 Å². The molecule has 2 rings (SSSR count). The number of benzene rings is 1. The number of fused-ring (bicyclic) bond motifs is 1. The van der Waals surface area contributed by atoms with Gasteiger partial charge in [0.15, 0.2) is 0 Å². The van der Waals surface area contributed by atoms with Crippen LogP contribution in [-0.4, -0.2) is 16.3 Å². The van der Waals surface area contributed by atoms with Crippen molar-refractivity contribution in [2.24, 2.45) is 0 Å². The van der Waals surface area contributed by atoms with Crippen LogP contribution in [-0.2, 0) is 0 Å². The van der Waals surface area contributed by atoms with Gasteiger partial charge in [-0.2, -0.15) is 0 Å². The fraction of sp³-hybridized carbons (Fsp3) is 0.273. The number of furan rings is 1. The van der Waals surface area contributed by atoms with Crippen molar-refractivity contribution in [1.82, 2.24) is 0 Å². The Balaban J connectivity index is 2.43. The average molecular weight is 192 g/mol. The summed E-state index contributed by atoms with van der Waals surface area (Å²) in [6, 6.07) is 7.18. The smallest absolute Gasteiger partial charge is 0.133 e. The van der Waals surface area contributed by atoms with Gasteiger partial charge in [-0.25, -0.2) is 0 Å². The van der Waals surface area contributed by atoms with Crippen LogP contribution >= 0.6 is 0 Å². The molecule has 3 heteroatoms. The predicted octanol–water partition coefficient (Wildman–Crippen LogP) is 1.85. The van der Waals surface area contributed by atoms with Crippen LogP contribution < -0.4 is 0 Å². The van der Waals surface area contributed by atoms with E-state index in [-0.39, 0.29) is 0 Å². The van der Waals surface area contributed by atoms with Crippen LogP contribution in [0.25, 0.3) is 11.0 Å². The summed E-state index contributed by atoms with van der Waals surface area (Å²) in [5.41, 5.74) is 1.49. The molecule has 14 heavy (non-hydrogen) atoms. The summed E-state index contributed by atoms with van der Waals surface area (Å²) < 4.78 is 5.17. The van der Waals surface area contributed by atoms with E-state index < -0.39 is 12.2 Å². The van der Waals surface area contributed by atoms with E-state index in [2.05, 4.69) is 0 Å². The van der Waals surface area contributed by atoms with Crippen LogP contribution in [0.15, 0.2) is 34.9 Å². The molecule has 2 aromatic rings. The van der Waals surface area contributed by atoms with E-state index in [1.807, 2.05) is 12.1 Å². The van der Waals surface area contributed by atoms with E-state index in [1.165, 1.54) is 0 Å². The van der Waals surface area contributed by atoms with Gasteiger partial charge in [0.2, 0.25) is 0 Å². The Labute approximate surface area is 81.6 Å². The summed E-state index contributed by atoms with van der Waals surface area (Å²) in [6.45, 7) is 1.56. The molecule has 0 spiro atoms. The molecular formula is C11H12O3. The highest BCUT2D eigenvalue weighted by Crippen LogP contribution is 2.22. The Morgan fingerprint density at radius 1 is 1.21 bits per heavy atom. The number of aliphatic hydroxyl groups is 2.